The van der Waals surface area contributed by atoms with Gasteiger partial charge >= 0.3 is 0 Å². The summed E-state index contributed by atoms with van der Waals surface area (Å²) in [6.07, 6.45) is 4.39. The number of hydrogen-bond acceptors (Lipinski definition) is 7. The summed E-state index contributed by atoms with van der Waals surface area (Å²) in [4.78, 5) is 0.489. The van der Waals surface area contributed by atoms with E-state index in [1.54, 1.807) is 10.9 Å². The molecule has 2 aliphatic heterocycles. The molecule has 0 amide bonds. The molecule has 30 heavy (non-hydrogen) atoms. The van der Waals surface area contributed by atoms with Gasteiger partial charge < -0.3 is 10.1 Å². The van der Waals surface area contributed by atoms with Crippen molar-refractivity contribution >= 4 is 32.8 Å². The number of hydrogen-bond donors (Lipinski definition) is 1. The summed E-state index contributed by atoms with van der Waals surface area (Å²) in [5.74, 6) is -2.98. The van der Waals surface area contributed by atoms with Crippen LogP contribution in [-0.2, 0) is 32.6 Å². The molecular weight excluding hydrogens is 458 g/mol. The summed E-state index contributed by atoms with van der Waals surface area (Å²) in [7, 11) is -3.03. The number of aryl methyl sites for hydroxylation is 1. The van der Waals surface area contributed by atoms with Crippen molar-refractivity contribution in [1.29, 1.82) is 0 Å². The molecule has 0 saturated carbocycles. The predicted molar refractivity (Wildman–Crippen MR) is 110 cm³/mol. The number of sulfone groups is 1. The van der Waals surface area contributed by atoms with E-state index in [2.05, 4.69) is 15.6 Å². The van der Waals surface area contributed by atoms with Crippen molar-refractivity contribution in [2.45, 2.75) is 56.3 Å². The minimum Gasteiger partial charge on any atom is -0.363 e. The maximum absolute atomic E-state index is 14.4. The van der Waals surface area contributed by atoms with Crippen LogP contribution >= 0.6 is 22.9 Å². The zero-order chi connectivity index (χ0) is 21.7. The number of halogens is 3. The van der Waals surface area contributed by atoms with E-state index in [-0.39, 0.29) is 23.4 Å². The Hall–Kier alpha value is -1.14. The Morgan fingerprint density at radius 3 is 2.93 bits per heavy atom. The second kappa shape index (κ2) is 7.77. The summed E-state index contributed by atoms with van der Waals surface area (Å²) in [6, 6.07) is 1.11. The van der Waals surface area contributed by atoms with E-state index in [0.717, 1.165) is 11.3 Å². The van der Waals surface area contributed by atoms with Crippen LogP contribution in [0.5, 0.6) is 0 Å². The molecule has 3 atom stereocenters. The highest BCUT2D eigenvalue weighted by atomic mass is 35.5. The van der Waals surface area contributed by atoms with Crippen LogP contribution < -0.4 is 5.32 Å². The number of piperidine rings is 1. The third kappa shape index (κ3) is 4.40. The maximum Gasteiger partial charge on any atom is 0.297 e. The number of rotatable bonds is 5. The van der Waals surface area contributed by atoms with Crippen molar-refractivity contribution in [3.8, 4) is 0 Å². The van der Waals surface area contributed by atoms with Crippen LogP contribution in [0.4, 0.5) is 8.78 Å². The molecule has 4 heterocycles. The molecule has 7 nitrogen and oxygen atoms in total. The molecule has 12 heteroatoms. The van der Waals surface area contributed by atoms with E-state index in [4.69, 9.17) is 16.3 Å². The van der Waals surface area contributed by atoms with Gasteiger partial charge in [-0.15, -0.1) is 16.4 Å². The number of aromatic nitrogens is 3. The Balaban J connectivity index is 1.56. The molecule has 1 saturated heterocycles. The first kappa shape index (κ1) is 22.1. The van der Waals surface area contributed by atoms with Crippen LogP contribution in [0.3, 0.4) is 0 Å². The molecule has 0 aromatic carbocycles. The van der Waals surface area contributed by atoms with Crippen LogP contribution in [0.2, 0.25) is 4.34 Å². The predicted octanol–water partition coefficient (Wildman–Crippen LogP) is 3.26. The minimum absolute atomic E-state index is 0.000387. The van der Waals surface area contributed by atoms with Crippen molar-refractivity contribution in [2.24, 2.45) is 0 Å². The molecule has 1 fully saturated rings. The van der Waals surface area contributed by atoms with Crippen molar-refractivity contribution in [3.05, 3.63) is 32.7 Å². The summed E-state index contributed by atoms with van der Waals surface area (Å²) >= 11 is 7.25. The lowest BCUT2D eigenvalue weighted by Crippen LogP contribution is -2.51. The van der Waals surface area contributed by atoms with Crippen molar-refractivity contribution in [3.63, 3.8) is 0 Å². The summed E-state index contributed by atoms with van der Waals surface area (Å²) < 4.78 is 59.2. The molecule has 1 N–H and O–H groups in total. The highest BCUT2D eigenvalue weighted by Crippen LogP contribution is 2.54. The third-order valence-corrected chi connectivity index (χ3v) is 7.99. The number of nitrogens with one attached hydrogen (secondary N) is 1. The molecular formula is C18H23ClF2N4O3S2. The Morgan fingerprint density at radius 1 is 1.43 bits per heavy atom. The van der Waals surface area contributed by atoms with Crippen LogP contribution in [0.25, 0.3) is 0 Å². The zero-order valence-electron chi connectivity index (χ0n) is 16.6. The van der Waals surface area contributed by atoms with Crippen LogP contribution in [0.1, 0.15) is 48.4 Å². The van der Waals surface area contributed by atoms with Gasteiger partial charge in [0.25, 0.3) is 5.92 Å². The first-order valence-corrected chi connectivity index (χ1v) is 12.9. The largest absolute Gasteiger partial charge is 0.363 e. The molecule has 2 aliphatic rings. The van der Waals surface area contributed by atoms with Crippen LogP contribution in [-0.4, -0.2) is 48.1 Å². The number of fused-ring (bicyclic) bond motifs is 2. The fraction of sp³-hybridized carbons (Fsp3) is 0.667. The molecule has 1 spiro atoms. The van der Waals surface area contributed by atoms with Gasteiger partial charge in [0.05, 0.1) is 28.0 Å². The van der Waals surface area contributed by atoms with Crippen LogP contribution in [0.15, 0.2) is 12.3 Å². The monoisotopic (exact) mass is 480 g/mol. The van der Waals surface area contributed by atoms with Crippen LogP contribution in [0, 0.1) is 0 Å². The minimum atomic E-state index is -3.06. The van der Waals surface area contributed by atoms with Crippen molar-refractivity contribution in [2.75, 3.05) is 18.6 Å². The Morgan fingerprint density at radius 2 is 2.20 bits per heavy atom. The van der Waals surface area contributed by atoms with E-state index >= 15 is 0 Å². The van der Waals surface area contributed by atoms with E-state index in [1.807, 2.05) is 6.92 Å². The fourth-order valence-corrected chi connectivity index (χ4v) is 6.37. The molecule has 2 aromatic rings. The molecule has 0 bridgehead atoms. The lowest BCUT2D eigenvalue weighted by Gasteiger charge is -2.47. The van der Waals surface area contributed by atoms with E-state index in [1.165, 1.54) is 12.3 Å². The lowest BCUT2D eigenvalue weighted by atomic mass is 9.78. The van der Waals surface area contributed by atoms with Gasteiger partial charge in [0, 0.05) is 35.7 Å². The number of alkyl halides is 2. The average molecular weight is 481 g/mol. The Labute approximate surface area is 182 Å². The van der Waals surface area contributed by atoms with Gasteiger partial charge in [0.15, 0.2) is 0 Å². The maximum atomic E-state index is 14.4. The lowest BCUT2D eigenvalue weighted by molar-refractivity contribution is -0.183. The third-order valence-electron chi connectivity index (χ3n) is 5.51. The SMILES string of the molecule is C[C@H]1C[C@@]2(C[C@@H](c3cn(CCCS(C)(=O)=O)nn3)N1)OCC(F)(F)c1cc(Cl)sc12. The Bertz CT molecular complexity index is 1040. The molecule has 4 rings (SSSR count). The summed E-state index contributed by atoms with van der Waals surface area (Å²) in [5, 5.41) is 11.8. The standard InChI is InChI=1S/C18H23ClF2N4O3S2/c1-11-7-17(16-12(6-15(19)29-16)18(20,21)10-28-17)8-13(22-11)14-9-25(24-23-14)4-3-5-30(2,26)27/h6,9,11,13,22H,3-5,7-8,10H2,1-2H3/t11-,13-,17-/m0/s1. The summed E-state index contributed by atoms with van der Waals surface area (Å²) in [5.41, 5.74) is -0.226. The molecule has 2 aromatic heterocycles. The highest BCUT2D eigenvalue weighted by Gasteiger charge is 2.53. The van der Waals surface area contributed by atoms with Gasteiger partial charge in [-0.1, -0.05) is 16.8 Å². The first-order chi connectivity index (χ1) is 14.0. The number of ether oxygens (including phenoxy) is 1. The van der Waals surface area contributed by atoms with Crippen molar-refractivity contribution < 1.29 is 21.9 Å². The average Bonchev–Trinajstić information content (AvgIpc) is 3.25. The summed E-state index contributed by atoms with van der Waals surface area (Å²) in [6.45, 7) is 1.74. The normalized spacial score (nSPS) is 28.6. The van der Waals surface area contributed by atoms with E-state index < -0.39 is 28.0 Å². The van der Waals surface area contributed by atoms with E-state index in [9.17, 15) is 17.2 Å². The van der Waals surface area contributed by atoms with Gasteiger partial charge in [-0.05, 0) is 25.8 Å². The van der Waals surface area contributed by atoms with Gasteiger partial charge in [-0.2, -0.15) is 8.78 Å². The molecule has 166 valence electrons. The second-order valence-corrected chi connectivity index (χ2v) is 12.1. The molecule has 0 unspecified atom stereocenters. The smallest absolute Gasteiger partial charge is 0.297 e. The molecule has 0 radical (unpaired) electrons. The van der Waals surface area contributed by atoms with Crippen molar-refractivity contribution in [1.82, 2.24) is 20.3 Å². The highest BCUT2D eigenvalue weighted by molar-refractivity contribution is 7.90. The Kier molecular flexibility index (Phi) is 5.72. The number of nitrogens with zero attached hydrogens (tertiary/aromatic N) is 3. The zero-order valence-corrected chi connectivity index (χ0v) is 19.0. The van der Waals surface area contributed by atoms with Gasteiger partial charge in [-0.25, -0.2) is 8.42 Å². The van der Waals surface area contributed by atoms with E-state index in [0.29, 0.717) is 40.7 Å². The number of thiophene rings is 1. The van der Waals surface area contributed by atoms with Gasteiger partial charge in [0.2, 0.25) is 0 Å². The first-order valence-electron chi connectivity index (χ1n) is 9.63. The van der Waals surface area contributed by atoms with Gasteiger partial charge in [-0.3, -0.25) is 4.68 Å². The molecule has 0 aliphatic carbocycles. The quantitative estimate of drug-likeness (QED) is 0.707. The second-order valence-electron chi connectivity index (χ2n) is 8.20. The van der Waals surface area contributed by atoms with Gasteiger partial charge in [0.1, 0.15) is 22.0 Å². The fourth-order valence-electron chi connectivity index (χ4n) is 4.28. The topological polar surface area (TPSA) is 86.1 Å².